The molecule has 0 saturated carbocycles. The normalized spacial score (nSPS) is 10.3. The van der Waals surface area contributed by atoms with Gasteiger partial charge in [-0.1, -0.05) is 17.2 Å². The first-order valence-corrected chi connectivity index (χ1v) is 6.60. The molecule has 0 unspecified atom stereocenters. The van der Waals surface area contributed by atoms with Gasteiger partial charge in [0.2, 0.25) is 11.9 Å². The number of aromatic nitrogens is 4. The lowest BCUT2D eigenvalue weighted by Gasteiger charge is -2.06. The Morgan fingerprint density at radius 2 is 2.14 bits per heavy atom. The highest BCUT2D eigenvalue weighted by Crippen LogP contribution is 2.12. The zero-order valence-electron chi connectivity index (χ0n) is 11.8. The monoisotopic (exact) mass is 290 g/mol. The lowest BCUT2D eigenvalue weighted by atomic mass is 10.1. The molecule has 21 heavy (non-hydrogen) atoms. The molecule has 2 aromatic rings. The molecule has 1 aromatic heterocycles. The Morgan fingerprint density at radius 3 is 2.76 bits per heavy atom. The Labute approximate surface area is 122 Å². The van der Waals surface area contributed by atoms with Crippen molar-refractivity contribution in [1.82, 2.24) is 25.5 Å². The number of ether oxygens (including phenoxy) is 1. The predicted octanol–water partition coefficient (Wildman–Crippen LogP) is 0.0129. The van der Waals surface area contributed by atoms with E-state index < -0.39 is 0 Å². The van der Waals surface area contributed by atoms with E-state index in [1.807, 2.05) is 24.3 Å². The van der Waals surface area contributed by atoms with Crippen LogP contribution in [0.1, 0.15) is 12.0 Å². The topological polar surface area (TPSA) is 108 Å². The van der Waals surface area contributed by atoms with Gasteiger partial charge in [-0.05, 0) is 41.0 Å². The van der Waals surface area contributed by atoms with Gasteiger partial charge in [-0.25, -0.2) is 4.68 Å². The summed E-state index contributed by atoms with van der Waals surface area (Å²) in [4.78, 5) is 11.7. The number of aryl methyl sites for hydroxylation is 1. The van der Waals surface area contributed by atoms with Crippen molar-refractivity contribution in [2.75, 3.05) is 19.4 Å². The van der Waals surface area contributed by atoms with Gasteiger partial charge < -0.3 is 15.8 Å². The number of benzene rings is 1. The van der Waals surface area contributed by atoms with E-state index in [0.29, 0.717) is 6.54 Å². The van der Waals surface area contributed by atoms with Crippen LogP contribution in [0.3, 0.4) is 0 Å². The van der Waals surface area contributed by atoms with E-state index in [2.05, 4.69) is 20.8 Å². The Balaban J connectivity index is 1.67. The van der Waals surface area contributed by atoms with Crippen LogP contribution in [0, 0.1) is 0 Å². The van der Waals surface area contributed by atoms with Gasteiger partial charge in [0, 0.05) is 6.54 Å². The number of anilines is 1. The summed E-state index contributed by atoms with van der Waals surface area (Å²) < 4.78 is 6.35. The fraction of sp³-hybridized carbons (Fsp3) is 0.385. The van der Waals surface area contributed by atoms with Crippen molar-refractivity contribution in [2.45, 2.75) is 19.4 Å². The van der Waals surface area contributed by atoms with E-state index in [1.165, 1.54) is 10.2 Å². The van der Waals surface area contributed by atoms with E-state index in [9.17, 15) is 4.79 Å². The molecule has 0 spiro atoms. The highest BCUT2D eigenvalue weighted by Gasteiger charge is 2.06. The molecule has 8 heteroatoms. The van der Waals surface area contributed by atoms with Crippen molar-refractivity contribution < 1.29 is 9.53 Å². The number of tetrazole rings is 1. The molecular weight excluding hydrogens is 272 g/mol. The average molecular weight is 290 g/mol. The number of carbonyl (C=O) groups excluding carboxylic acids is 1. The number of nitrogen functional groups attached to an aromatic ring is 1. The van der Waals surface area contributed by atoms with Gasteiger partial charge in [0.05, 0.1) is 7.11 Å². The van der Waals surface area contributed by atoms with E-state index in [0.717, 1.165) is 18.6 Å². The maximum Gasteiger partial charge on any atom is 0.241 e. The minimum absolute atomic E-state index is 0.0291. The summed E-state index contributed by atoms with van der Waals surface area (Å²) in [6, 6.07) is 7.88. The molecule has 1 aromatic carbocycles. The van der Waals surface area contributed by atoms with Crippen LogP contribution in [0.5, 0.6) is 5.75 Å². The molecule has 0 fully saturated rings. The summed E-state index contributed by atoms with van der Waals surface area (Å²) in [5, 5.41) is 13.3. The maximum absolute atomic E-state index is 11.7. The number of nitrogens with two attached hydrogens (primary N) is 1. The van der Waals surface area contributed by atoms with E-state index >= 15 is 0 Å². The second kappa shape index (κ2) is 7.22. The predicted molar refractivity (Wildman–Crippen MR) is 76.6 cm³/mol. The fourth-order valence-corrected chi connectivity index (χ4v) is 1.83. The quantitative estimate of drug-likeness (QED) is 0.696. The number of amides is 1. The lowest BCUT2D eigenvalue weighted by molar-refractivity contribution is -0.121. The van der Waals surface area contributed by atoms with Crippen LogP contribution in [-0.2, 0) is 17.8 Å². The highest BCUT2D eigenvalue weighted by atomic mass is 16.5. The number of hydrogen-bond donors (Lipinski definition) is 2. The SMILES string of the molecule is COc1ccc(CCCNC(=O)Cn2nnnc2N)cc1. The summed E-state index contributed by atoms with van der Waals surface area (Å²) in [5.41, 5.74) is 6.68. The Kier molecular flexibility index (Phi) is 5.08. The maximum atomic E-state index is 11.7. The summed E-state index contributed by atoms with van der Waals surface area (Å²) in [6.45, 7) is 0.619. The van der Waals surface area contributed by atoms with Crippen molar-refractivity contribution in [3.63, 3.8) is 0 Å². The van der Waals surface area contributed by atoms with Crippen molar-refractivity contribution in [1.29, 1.82) is 0 Å². The third-order valence-electron chi connectivity index (χ3n) is 2.98. The first kappa shape index (κ1) is 14.8. The number of methoxy groups -OCH3 is 1. The number of nitrogens with zero attached hydrogens (tertiary/aromatic N) is 4. The number of rotatable bonds is 7. The summed E-state index contributed by atoms with van der Waals surface area (Å²) in [5.74, 6) is 0.804. The van der Waals surface area contributed by atoms with Gasteiger partial charge in [-0.2, -0.15) is 0 Å². The van der Waals surface area contributed by atoms with Crippen LogP contribution < -0.4 is 15.8 Å². The minimum Gasteiger partial charge on any atom is -0.497 e. The zero-order valence-corrected chi connectivity index (χ0v) is 11.8. The molecule has 0 bridgehead atoms. The van der Waals surface area contributed by atoms with Gasteiger partial charge in [-0.3, -0.25) is 4.79 Å². The standard InChI is InChI=1S/C13H18N6O2/c1-21-11-6-4-10(5-7-11)3-2-8-15-12(20)9-19-13(14)16-17-18-19/h4-7H,2-3,8-9H2,1H3,(H,15,20)(H2,14,16,18). The van der Waals surface area contributed by atoms with Crippen LogP contribution in [0.15, 0.2) is 24.3 Å². The van der Waals surface area contributed by atoms with E-state index in [1.54, 1.807) is 7.11 Å². The summed E-state index contributed by atoms with van der Waals surface area (Å²) >= 11 is 0. The number of carbonyl (C=O) groups is 1. The molecule has 0 radical (unpaired) electrons. The van der Waals surface area contributed by atoms with Crippen LogP contribution in [0.25, 0.3) is 0 Å². The van der Waals surface area contributed by atoms with Gasteiger partial charge >= 0.3 is 0 Å². The summed E-state index contributed by atoms with van der Waals surface area (Å²) in [6.07, 6.45) is 1.74. The van der Waals surface area contributed by atoms with Crippen molar-refractivity contribution in [2.24, 2.45) is 0 Å². The molecule has 0 aliphatic rings. The second-order valence-corrected chi connectivity index (χ2v) is 4.50. The van der Waals surface area contributed by atoms with Crippen LogP contribution in [0.2, 0.25) is 0 Å². The third kappa shape index (κ3) is 4.44. The number of nitrogens with one attached hydrogen (secondary N) is 1. The van der Waals surface area contributed by atoms with E-state index in [4.69, 9.17) is 10.5 Å². The smallest absolute Gasteiger partial charge is 0.241 e. The Hall–Kier alpha value is -2.64. The van der Waals surface area contributed by atoms with Gasteiger partial charge in [0.15, 0.2) is 0 Å². The van der Waals surface area contributed by atoms with Gasteiger partial charge in [-0.15, -0.1) is 0 Å². The largest absolute Gasteiger partial charge is 0.497 e. The molecule has 0 saturated heterocycles. The molecule has 2 rings (SSSR count). The molecule has 8 nitrogen and oxygen atoms in total. The molecule has 0 aliphatic heterocycles. The molecule has 1 amide bonds. The fourth-order valence-electron chi connectivity index (χ4n) is 1.83. The first-order valence-electron chi connectivity index (χ1n) is 6.60. The van der Waals surface area contributed by atoms with Crippen molar-refractivity contribution >= 4 is 11.9 Å². The van der Waals surface area contributed by atoms with Gasteiger partial charge in [0.25, 0.3) is 0 Å². The summed E-state index contributed by atoms with van der Waals surface area (Å²) in [7, 11) is 1.64. The molecule has 0 atom stereocenters. The Bertz CT molecular complexity index is 581. The lowest BCUT2D eigenvalue weighted by Crippen LogP contribution is -2.29. The zero-order chi connectivity index (χ0) is 15.1. The number of hydrogen-bond acceptors (Lipinski definition) is 6. The minimum atomic E-state index is -0.163. The van der Waals surface area contributed by atoms with Crippen LogP contribution in [0.4, 0.5) is 5.95 Å². The molecule has 112 valence electrons. The molecule has 1 heterocycles. The van der Waals surface area contributed by atoms with Crippen LogP contribution >= 0.6 is 0 Å². The van der Waals surface area contributed by atoms with Gasteiger partial charge in [0.1, 0.15) is 12.3 Å². The third-order valence-corrected chi connectivity index (χ3v) is 2.98. The second-order valence-electron chi connectivity index (χ2n) is 4.50. The molecule has 0 aliphatic carbocycles. The van der Waals surface area contributed by atoms with Crippen molar-refractivity contribution in [3.8, 4) is 5.75 Å². The van der Waals surface area contributed by atoms with Crippen LogP contribution in [-0.4, -0.2) is 39.8 Å². The van der Waals surface area contributed by atoms with E-state index in [-0.39, 0.29) is 18.4 Å². The average Bonchev–Trinajstić information content (AvgIpc) is 2.89. The Morgan fingerprint density at radius 1 is 1.38 bits per heavy atom. The highest BCUT2D eigenvalue weighted by molar-refractivity contribution is 5.75. The molecular formula is C13H18N6O2. The molecule has 3 N–H and O–H groups in total. The first-order chi connectivity index (χ1) is 10.2. The van der Waals surface area contributed by atoms with Crippen molar-refractivity contribution in [3.05, 3.63) is 29.8 Å².